The van der Waals surface area contributed by atoms with Crippen LogP contribution in [-0.4, -0.2) is 27.3 Å². The zero-order valence-electron chi connectivity index (χ0n) is 12.7. The maximum Gasteiger partial charge on any atom is 0.115 e. The van der Waals surface area contributed by atoms with Gasteiger partial charge in [0.25, 0.3) is 0 Å². The number of nitrogens with zero attached hydrogens (tertiary/aromatic N) is 1. The van der Waals surface area contributed by atoms with Gasteiger partial charge in [0.1, 0.15) is 5.75 Å². The summed E-state index contributed by atoms with van der Waals surface area (Å²) in [5.74, 6) is 0.274. The maximum atomic E-state index is 10.1. The van der Waals surface area contributed by atoms with E-state index in [1.54, 1.807) is 12.1 Å². The molecule has 21 heavy (non-hydrogen) atoms. The average molecular weight is 285 g/mol. The summed E-state index contributed by atoms with van der Waals surface area (Å²) in [6.07, 6.45) is 0. The summed E-state index contributed by atoms with van der Waals surface area (Å²) >= 11 is 0. The van der Waals surface area contributed by atoms with Crippen molar-refractivity contribution in [3.8, 4) is 5.75 Å². The maximum absolute atomic E-state index is 10.1. The Bertz CT molecular complexity index is 561. The fourth-order valence-corrected chi connectivity index (χ4v) is 2.47. The number of aliphatic hydroxyl groups is 1. The largest absolute Gasteiger partial charge is 0.508 e. The van der Waals surface area contributed by atoms with Crippen LogP contribution in [-0.2, 0) is 13.1 Å². The molecule has 2 aromatic carbocycles. The molecule has 0 atom stereocenters. The van der Waals surface area contributed by atoms with Gasteiger partial charge in [0.2, 0.25) is 0 Å². The fourth-order valence-electron chi connectivity index (χ4n) is 2.47. The minimum atomic E-state index is -0.758. The Balaban J connectivity index is 2.12. The molecule has 2 rings (SSSR count). The van der Waals surface area contributed by atoms with Crippen molar-refractivity contribution in [2.45, 2.75) is 32.5 Å². The van der Waals surface area contributed by atoms with Gasteiger partial charge in [-0.25, -0.2) is 0 Å². The Morgan fingerprint density at radius 1 is 0.905 bits per heavy atom. The molecule has 0 saturated heterocycles. The first kappa shape index (κ1) is 15.5. The zero-order valence-corrected chi connectivity index (χ0v) is 12.7. The van der Waals surface area contributed by atoms with E-state index in [0.29, 0.717) is 13.1 Å². The Morgan fingerprint density at radius 3 is 2.14 bits per heavy atom. The molecule has 3 nitrogen and oxygen atoms in total. The molecule has 0 bridgehead atoms. The van der Waals surface area contributed by atoms with Gasteiger partial charge in [-0.1, -0.05) is 42.5 Å². The SMILES string of the molecule is CC(C)(O)CN(Cc1ccccc1)Cc1cccc(O)c1. The van der Waals surface area contributed by atoms with Gasteiger partial charge < -0.3 is 10.2 Å². The van der Waals surface area contributed by atoms with Crippen LogP contribution in [0, 0.1) is 0 Å². The van der Waals surface area contributed by atoms with E-state index in [-0.39, 0.29) is 5.75 Å². The summed E-state index contributed by atoms with van der Waals surface area (Å²) in [6.45, 7) is 5.65. The topological polar surface area (TPSA) is 43.7 Å². The summed E-state index contributed by atoms with van der Waals surface area (Å²) in [6, 6.07) is 17.5. The van der Waals surface area contributed by atoms with Gasteiger partial charge in [0.15, 0.2) is 0 Å². The van der Waals surface area contributed by atoms with Crippen molar-refractivity contribution < 1.29 is 10.2 Å². The molecule has 0 aliphatic heterocycles. The first-order valence-corrected chi connectivity index (χ1v) is 7.19. The van der Waals surface area contributed by atoms with Gasteiger partial charge in [-0.2, -0.15) is 0 Å². The predicted octanol–water partition coefficient (Wildman–Crippen LogP) is 3.17. The molecule has 0 fully saturated rings. The van der Waals surface area contributed by atoms with Crippen LogP contribution >= 0.6 is 0 Å². The lowest BCUT2D eigenvalue weighted by atomic mass is 10.1. The van der Waals surface area contributed by atoms with Gasteiger partial charge in [0.05, 0.1) is 5.60 Å². The molecular weight excluding hydrogens is 262 g/mol. The van der Waals surface area contributed by atoms with Crippen LogP contribution in [0.1, 0.15) is 25.0 Å². The van der Waals surface area contributed by atoms with Crippen LogP contribution < -0.4 is 0 Å². The van der Waals surface area contributed by atoms with Gasteiger partial charge in [0, 0.05) is 19.6 Å². The normalized spacial score (nSPS) is 11.8. The third kappa shape index (κ3) is 5.58. The molecule has 2 aromatic rings. The number of benzene rings is 2. The van der Waals surface area contributed by atoms with Crippen molar-refractivity contribution in [2.75, 3.05) is 6.54 Å². The quantitative estimate of drug-likeness (QED) is 0.857. The minimum Gasteiger partial charge on any atom is -0.508 e. The molecule has 0 unspecified atom stereocenters. The lowest BCUT2D eigenvalue weighted by Gasteiger charge is -2.29. The van der Waals surface area contributed by atoms with Gasteiger partial charge in [-0.05, 0) is 37.1 Å². The summed E-state index contributed by atoms with van der Waals surface area (Å²) in [5, 5.41) is 19.7. The summed E-state index contributed by atoms with van der Waals surface area (Å²) < 4.78 is 0. The molecule has 0 aliphatic rings. The molecule has 0 radical (unpaired) electrons. The second kappa shape index (κ2) is 6.74. The summed E-state index contributed by atoms with van der Waals surface area (Å²) in [4.78, 5) is 2.18. The number of aromatic hydroxyl groups is 1. The number of phenols is 1. The molecule has 0 saturated carbocycles. The second-order valence-corrected chi connectivity index (χ2v) is 6.11. The molecule has 0 heterocycles. The third-order valence-electron chi connectivity index (χ3n) is 3.18. The fraction of sp³-hybridized carbons (Fsp3) is 0.333. The highest BCUT2D eigenvalue weighted by Gasteiger charge is 2.18. The molecule has 3 heteroatoms. The van der Waals surface area contributed by atoms with Crippen LogP contribution in [0.25, 0.3) is 0 Å². The molecule has 112 valence electrons. The Hall–Kier alpha value is -1.84. The molecular formula is C18H23NO2. The van der Waals surface area contributed by atoms with E-state index >= 15 is 0 Å². The monoisotopic (exact) mass is 285 g/mol. The molecule has 0 spiro atoms. The highest BCUT2D eigenvalue weighted by atomic mass is 16.3. The van der Waals surface area contributed by atoms with Crippen molar-refractivity contribution in [3.05, 3.63) is 65.7 Å². The third-order valence-corrected chi connectivity index (χ3v) is 3.18. The van der Waals surface area contributed by atoms with Crippen LogP contribution in [0.5, 0.6) is 5.75 Å². The Morgan fingerprint density at radius 2 is 1.52 bits per heavy atom. The number of hydrogen-bond acceptors (Lipinski definition) is 3. The second-order valence-electron chi connectivity index (χ2n) is 6.11. The highest BCUT2D eigenvalue weighted by molar-refractivity contribution is 5.27. The van der Waals surface area contributed by atoms with Crippen LogP contribution in [0.2, 0.25) is 0 Å². The molecule has 0 aliphatic carbocycles. The standard InChI is InChI=1S/C18H23NO2/c1-18(2,21)14-19(12-15-7-4-3-5-8-15)13-16-9-6-10-17(20)11-16/h3-11,20-21H,12-14H2,1-2H3. The van der Waals surface area contributed by atoms with Crippen molar-refractivity contribution in [1.29, 1.82) is 0 Å². The number of hydrogen-bond donors (Lipinski definition) is 2. The van der Waals surface area contributed by atoms with E-state index in [0.717, 1.165) is 12.1 Å². The van der Waals surface area contributed by atoms with E-state index in [1.165, 1.54) is 5.56 Å². The van der Waals surface area contributed by atoms with Crippen LogP contribution in [0.3, 0.4) is 0 Å². The number of rotatable bonds is 6. The van der Waals surface area contributed by atoms with Crippen molar-refractivity contribution >= 4 is 0 Å². The predicted molar refractivity (Wildman–Crippen MR) is 85.0 cm³/mol. The summed E-state index contributed by atoms with van der Waals surface area (Å²) in [7, 11) is 0. The minimum absolute atomic E-state index is 0.274. The summed E-state index contributed by atoms with van der Waals surface area (Å²) in [5.41, 5.74) is 1.49. The first-order valence-electron chi connectivity index (χ1n) is 7.19. The van der Waals surface area contributed by atoms with E-state index in [1.807, 2.05) is 44.2 Å². The van der Waals surface area contributed by atoms with E-state index in [4.69, 9.17) is 0 Å². The lowest BCUT2D eigenvalue weighted by molar-refractivity contribution is 0.0307. The molecule has 0 aromatic heterocycles. The average Bonchev–Trinajstić information content (AvgIpc) is 2.37. The van der Waals surface area contributed by atoms with Crippen molar-refractivity contribution in [1.82, 2.24) is 4.90 Å². The van der Waals surface area contributed by atoms with E-state index in [2.05, 4.69) is 17.0 Å². The number of phenolic OH excluding ortho intramolecular Hbond substituents is 1. The van der Waals surface area contributed by atoms with Crippen LogP contribution in [0.15, 0.2) is 54.6 Å². The molecule has 0 amide bonds. The van der Waals surface area contributed by atoms with E-state index in [9.17, 15) is 10.2 Å². The zero-order chi connectivity index (χ0) is 15.3. The van der Waals surface area contributed by atoms with E-state index < -0.39 is 5.60 Å². The highest BCUT2D eigenvalue weighted by Crippen LogP contribution is 2.17. The molecule has 2 N–H and O–H groups in total. The first-order chi connectivity index (χ1) is 9.92. The van der Waals surface area contributed by atoms with Crippen molar-refractivity contribution in [2.24, 2.45) is 0 Å². The Labute approximate surface area is 126 Å². The van der Waals surface area contributed by atoms with Crippen LogP contribution in [0.4, 0.5) is 0 Å². The lowest BCUT2D eigenvalue weighted by Crippen LogP contribution is -2.37. The van der Waals surface area contributed by atoms with Gasteiger partial charge in [-0.15, -0.1) is 0 Å². The smallest absolute Gasteiger partial charge is 0.115 e. The van der Waals surface area contributed by atoms with Gasteiger partial charge in [-0.3, -0.25) is 4.90 Å². The van der Waals surface area contributed by atoms with Gasteiger partial charge >= 0.3 is 0 Å². The van der Waals surface area contributed by atoms with Crippen molar-refractivity contribution in [3.63, 3.8) is 0 Å². The Kier molecular flexibility index (Phi) is 4.99.